The summed E-state index contributed by atoms with van der Waals surface area (Å²) in [7, 11) is 1.67. The predicted octanol–water partition coefficient (Wildman–Crippen LogP) is 4.71. The molecule has 23 heavy (non-hydrogen) atoms. The molecule has 0 amide bonds. The Morgan fingerprint density at radius 2 is 1.87 bits per heavy atom. The number of ether oxygens (including phenoxy) is 1. The van der Waals surface area contributed by atoms with E-state index in [1.165, 1.54) is 10.9 Å². The molecule has 0 radical (unpaired) electrons. The fourth-order valence-electron chi connectivity index (χ4n) is 2.79. The van der Waals surface area contributed by atoms with E-state index in [0.717, 1.165) is 18.0 Å². The van der Waals surface area contributed by atoms with E-state index in [0.29, 0.717) is 0 Å². The van der Waals surface area contributed by atoms with Gasteiger partial charge in [-0.2, -0.15) is 0 Å². The Labute approximate surface area is 137 Å². The van der Waals surface area contributed by atoms with Crippen LogP contribution in [0.5, 0.6) is 5.75 Å². The van der Waals surface area contributed by atoms with Gasteiger partial charge in [-0.1, -0.05) is 24.3 Å². The maximum absolute atomic E-state index is 5.21. The van der Waals surface area contributed by atoms with Crippen LogP contribution in [0.4, 0.5) is 5.69 Å². The number of hydrogen-bond donors (Lipinski definition) is 1. The molecule has 0 saturated heterocycles. The van der Waals surface area contributed by atoms with E-state index in [1.54, 1.807) is 7.11 Å². The summed E-state index contributed by atoms with van der Waals surface area (Å²) in [5.41, 5.74) is 2.03. The molecule has 2 aromatic carbocycles. The lowest BCUT2D eigenvalue weighted by atomic mass is 10.0. The number of benzene rings is 2. The maximum atomic E-state index is 5.21. The third-order valence-corrected chi connectivity index (χ3v) is 4.15. The number of methoxy groups -OCH3 is 1. The standard InChI is InChI=1S/C20H22N2O/c1-4-20(2,21-17-9-11-18(23-3)12-10-17)15-22-14-13-16-7-5-6-8-19(16)22/h4-14,21H,1,15H2,2-3H3/t20-/m0/s1. The van der Waals surface area contributed by atoms with Crippen LogP contribution >= 0.6 is 0 Å². The fourth-order valence-corrected chi connectivity index (χ4v) is 2.79. The normalized spacial score (nSPS) is 13.5. The van der Waals surface area contributed by atoms with Crippen molar-refractivity contribution in [3.05, 3.63) is 73.4 Å². The number of rotatable bonds is 6. The minimum Gasteiger partial charge on any atom is -0.497 e. The molecule has 3 rings (SSSR count). The lowest BCUT2D eigenvalue weighted by molar-refractivity contribution is 0.415. The van der Waals surface area contributed by atoms with Crippen molar-refractivity contribution in [3.63, 3.8) is 0 Å². The minimum absolute atomic E-state index is 0.254. The zero-order valence-corrected chi connectivity index (χ0v) is 13.6. The van der Waals surface area contributed by atoms with Gasteiger partial charge in [-0.05, 0) is 48.7 Å². The highest BCUT2D eigenvalue weighted by molar-refractivity contribution is 5.80. The highest BCUT2D eigenvalue weighted by Crippen LogP contribution is 2.23. The quantitative estimate of drug-likeness (QED) is 0.668. The molecule has 0 aliphatic carbocycles. The molecular weight excluding hydrogens is 284 g/mol. The number of anilines is 1. The number of aromatic nitrogens is 1. The summed E-state index contributed by atoms with van der Waals surface area (Å²) in [5, 5.41) is 4.82. The molecule has 3 nitrogen and oxygen atoms in total. The van der Waals surface area contributed by atoms with Gasteiger partial charge in [0, 0.05) is 23.9 Å². The van der Waals surface area contributed by atoms with Gasteiger partial charge in [0.15, 0.2) is 0 Å². The molecule has 0 aliphatic rings. The van der Waals surface area contributed by atoms with Gasteiger partial charge >= 0.3 is 0 Å². The molecule has 0 saturated carbocycles. The maximum Gasteiger partial charge on any atom is 0.119 e. The van der Waals surface area contributed by atoms with Crippen LogP contribution in [0.1, 0.15) is 6.92 Å². The Bertz CT molecular complexity index is 804. The van der Waals surface area contributed by atoms with Crippen LogP contribution in [0.3, 0.4) is 0 Å². The van der Waals surface area contributed by atoms with E-state index in [4.69, 9.17) is 4.74 Å². The second-order valence-corrected chi connectivity index (χ2v) is 5.98. The van der Waals surface area contributed by atoms with E-state index in [2.05, 4.69) is 59.9 Å². The largest absolute Gasteiger partial charge is 0.497 e. The van der Waals surface area contributed by atoms with Gasteiger partial charge in [0.2, 0.25) is 0 Å². The monoisotopic (exact) mass is 306 g/mol. The van der Waals surface area contributed by atoms with E-state index in [1.807, 2.05) is 30.3 Å². The van der Waals surface area contributed by atoms with Crippen LogP contribution in [0.25, 0.3) is 10.9 Å². The minimum atomic E-state index is -0.254. The van der Waals surface area contributed by atoms with Crippen molar-refractivity contribution in [2.24, 2.45) is 0 Å². The number of fused-ring (bicyclic) bond motifs is 1. The average molecular weight is 306 g/mol. The first-order valence-electron chi connectivity index (χ1n) is 7.73. The van der Waals surface area contributed by atoms with E-state index >= 15 is 0 Å². The number of nitrogens with one attached hydrogen (secondary N) is 1. The van der Waals surface area contributed by atoms with Crippen molar-refractivity contribution in [1.82, 2.24) is 4.57 Å². The lowest BCUT2D eigenvalue weighted by Gasteiger charge is -2.29. The molecule has 0 aliphatic heterocycles. The topological polar surface area (TPSA) is 26.2 Å². The molecule has 1 atom stereocenters. The van der Waals surface area contributed by atoms with Gasteiger partial charge in [0.25, 0.3) is 0 Å². The summed E-state index contributed by atoms with van der Waals surface area (Å²) in [5.74, 6) is 0.854. The van der Waals surface area contributed by atoms with Crippen LogP contribution in [0.2, 0.25) is 0 Å². The van der Waals surface area contributed by atoms with Crippen molar-refractivity contribution >= 4 is 16.6 Å². The Balaban J connectivity index is 1.83. The highest BCUT2D eigenvalue weighted by Gasteiger charge is 2.21. The highest BCUT2D eigenvalue weighted by atomic mass is 16.5. The molecule has 0 bridgehead atoms. The first kappa shape index (κ1) is 15.2. The average Bonchev–Trinajstić information content (AvgIpc) is 2.98. The Hall–Kier alpha value is -2.68. The van der Waals surface area contributed by atoms with Crippen molar-refractivity contribution in [2.45, 2.75) is 19.0 Å². The second-order valence-electron chi connectivity index (χ2n) is 5.98. The smallest absolute Gasteiger partial charge is 0.119 e. The van der Waals surface area contributed by atoms with Crippen LogP contribution < -0.4 is 10.1 Å². The van der Waals surface area contributed by atoms with Crippen LogP contribution in [0.15, 0.2) is 73.4 Å². The van der Waals surface area contributed by atoms with Crippen LogP contribution in [-0.2, 0) is 6.54 Å². The lowest BCUT2D eigenvalue weighted by Crippen LogP contribution is -2.36. The van der Waals surface area contributed by atoms with Gasteiger partial charge in [-0.15, -0.1) is 6.58 Å². The molecule has 0 fully saturated rings. The fraction of sp³-hybridized carbons (Fsp3) is 0.200. The molecule has 3 aromatic rings. The first-order chi connectivity index (χ1) is 11.1. The van der Waals surface area contributed by atoms with Crippen molar-refractivity contribution < 1.29 is 4.74 Å². The van der Waals surface area contributed by atoms with Gasteiger partial charge in [0.05, 0.1) is 12.6 Å². The number of para-hydroxylation sites is 1. The van der Waals surface area contributed by atoms with Crippen molar-refractivity contribution in [2.75, 3.05) is 12.4 Å². The molecule has 1 aromatic heterocycles. The second kappa shape index (κ2) is 6.21. The molecule has 1 N–H and O–H groups in total. The summed E-state index contributed by atoms with van der Waals surface area (Å²) in [6.07, 6.45) is 4.09. The zero-order chi connectivity index (χ0) is 16.3. The molecule has 118 valence electrons. The first-order valence-corrected chi connectivity index (χ1v) is 7.73. The molecule has 3 heteroatoms. The van der Waals surface area contributed by atoms with Crippen LogP contribution in [0, 0.1) is 0 Å². The number of hydrogen-bond acceptors (Lipinski definition) is 2. The predicted molar refractivity (Wildman–Crippen MR) is 97.2 cm³/mol. The Morgan fingerprint density at radius 3 is 2.57 bits per heavy atom. The third-order valence-electron chi connectivity index (χ3n) is 4.15. The molecule has 1 heterocycles. The Morgan fingerprint density at radius 1 is 1.13 bits per heavy atom. The SMILES string of the molecule is C=C[C@@](C)(Cn1ccc2ccccc21)Nc1ccc(OC)cc1. The summed E-state index contributed by atoms with van der Waals surface area (Å²) in [6, 6.07) is 18.5. The summed E-state index contributed by atoms with van der Waals surface area (Å²) in [6.45, 7) is 6.98. The number of nitrogens with zero attached hydrogens (tertiary/aromatic N) is 1. The van der Waals surface area contributed by atoms with Gasteiger partial charge in [0.1, 0.15) is 5.75 Å². The van der Waals surface area contributed by atoms with Crippen molar-refractivity contribution in [1.29, 1.82) is 0 Å². The van der Waals surface area contributed by atoms with Gasteiger partial charge < -0.3 is 14.6 Å². The Kier molecular flexibility index (Phi) is 4.11. The summed E-state index contributed by atoms with van der Waals surface area (Å²) in [4.78, 5) is 0. The zero-order valence-electron chi connectivity index (χ0n) is 13.6. The molecule has 0 unspecified atom stereocenters. The summed E-state index contributed by atoms with van der Waals surface area (Å²) >= 11 is 0. The molecular formula is C20H22N2O. The van der Waals surface area contributed by atoms with E-state index in [-0.39, 0.29) is 5.54 Å². The third kappa shape index (κ3) is 3.24. The van der Waals surface area contributed by atoms with Gasteiger partial charge in [-0.3, -0.25) is 0 Å². The van der Waals surface area contributed by atoms with E-state index in [9.17, 15) is 0 Å². The van der Waals surface area contributed by atoms with E-state index < -0.39 is 0 Å². The van der Waals surface area contributed by atoms with Gasteiger partial charge in [-0.25, -0.2) is 0 Å². The van der Waals surface area contributed by atoms with Crippen LogP contribution in [-0.4, -0.2) is 17.2 Å². The van der Waals surface area contributed by atoms with Crippen molar-refractivity contribution in [3.8, 4) is 5.75 Å². The summed E-state index contributed by atoms with van der Waals surface area (Å²) < 4.78 is 7.46. The molecule has 0 spiro atoms.